The third-order valence-electron chi connectivity index (χ3n) is 2.75. The number of benzene rings is 1. The van der Waals surface area contributed by atoms with Gasteiger partial charge < -0.3 is 10.4 Å². The second-order valence-corrected chi connectivity index (χ2v) is 4.69. The van der Waals surface area contributed by atoms with Crippen LogP contribution in [0.25, 0.3) is 11.4 Å². The maximum Gasteiger partial charge on any atom is 0.341 e. The molecule has 5 nitrogen and oxygen atoms in total. The lowest BCUT2D eigenvalue weighted by Gasteiger charge is -2.10. The lowest BCUT2D eigenvalue weighted by Crippen LogP contribution is -2.11. The molecule has 110 valence electrons. The van der Waals surface area contributed by atoms with Gasteiger partial charge in [0.05, 0.1) is 10.6 Å². The number of hydrogen-bond acceptors (Lipinski definition) is 4. The zero-order valence-electron chi connectivity index (χ0n) is 11.2. The minimum absolute atomic E-state index is 0.0432. The van der Waals surface area contributed by atoms with Crippen LogP contribution in [0.4, 0.5) is 10.2 Å². The maximum absolute atomic E-state index is 13.9. The van der Waals surface area contributed by atoms with Gasteiger partial charge in [0, 0.05) is 12.7 Å². The molecule has 0 aliphatic rings. The summed E-state index contributed by atoms with van der Waals surface area (Å²) in [6, 6.07) is 4.24. The summed E-state index contributed by atoms with van der Waals surface area (Å²) in [7, 11) is 0. The molecule has 2 aromatic rings. The van der Waals surface area contributed by atoms with Crippen molar-refractivity contribution in [2.75, 3.05) is 11.9 Å². The number of carboxylic acids is 1. The van der Waals surface area contributed by atoms with Crippen LogP contribution in [0.15, 0.2) is 24.4 Å². The molecule has 0 spiro atoms. The number of aromatic nitrogens is 2. The average Bonchev–Trinajstić information content (AvgIpc) is 2.44. The van der Waals surface area contributed by atoms with Crippen molar-refractivity contribution in [1.82, 2.24) is 9.97 Å². The normalized spacial score (nSPS) is 10.4. The van der Waals surface area contributed by atoms with Crippen LogP contribution in [0.3, 0.4) is 0 Å². The first-order valence-electron chi connectivity index (χ1n) is 6.33. The predicted molar refractivity (Wildman–Crippen MR) is 78.2 cm³/mol. The number of carboxylic acid groups (broad SMARTS) is 1. The Labute approximate surface area is 125 Å². The first-order chi connectivity index (χ1) is 10.0. The van der Waals surface area contributed by atoms with Gasteiger partial charge in [-0.2, -0.15) is 0 Å². The second kappa shape index (κ2) is 6.49. The molecular weight excluding hydrogens is 297 g/mol. The Morgan fingerprint density at radius 2 is 2.24 bits per heavy atom. The van der Waals surface area contributed by atoms with E-state index >= 15 is 0 Å². The van der Waals surface area contributed by atoms with E-state index in [2.05, 4.69) is 15.3 Å². The Morgan fingerprint density at radius 3 is 2.86 bits per heavy atom. The molecule has 0 saturated carbocycles. The molecule has 0 fully saturated rings. The fourth-order valence-electron chi connectivity index (χ4n) is 1.75. The number of aromatic carboxylic acids is 1. The summed E-state index contributed by atoms with van der Waals surface area (Å²) in [6.45, 7) is 2.48. The van der Waals surface area contributed by atoms with E-state index < -0.39 is 11.8 Å². The molecule has 0 unspecified atom stereocenters. The number of halogens is 2. The number of anilines is 1. The number of hydrogen-bond donors (Lipinski definition) is 2. The first kappa shape index (κ1) is 15.2. The highest BCUT2D eigenvalue weighted by Gasteiger charge is 2.17. The standard InChI is InChI=1S/C14H13ClFN3O2/c1-2-6-17-12-8(14(20)21)7-18-13(19-12)11-9(15)4-3-5-10(11)16/h3-5,7H,2,6H2,1H3,(H,20,21)(H,17,18,19). The summed E-state index contributed by atoms with van der Waals surface area (Å²) in [4.78, 5) is 19.1. The van der Waals surface area contributed by atoms with Gasteiger partial charge in [0.25, 0.3) is 0 Å². The SMILES string of the molecule is CCCNc1nc(-c2c(F)cccc2Cl)ncc1C(=O)O. The number of nitrogens with zero attached hydrogens (tertiary/aromatic N) is 2. The van der Waals surface area contributed by atoms with Crippen LogP contribution in [0.1, 0.15) is 23.7 Å². The lowest BCUT2D eigenvalue weighted by molar-refractivity contribution is 0.0697. The van der Waals surface area contributed by atoms with Gasteiger partial charge in [-0.15, -0.1) is 0 Å². The Bertz CT molecular complexity index is 659. The molecule has 2 N–H and O–H groups in total. The molecule has 2 rings (SSSR count). The molecule has 0 atom stereocenters. The molecule has 0 amide bonds. The van der Waals surface area contributed by atoms with Crippen LogP contribution in [0.2, 0.25) is 5.02 Å². The molecule has 1 heterocycles. The summed E-state index contributed by atoms with van der Waals surface area (Å²) >= 11 is 5.97. The Kier molecular flexibility index (Phi) is 4.70. The topological polar surface area (TPSA) is 75.1 Å². The number of rotatable bonds is 5. The molecule has 0 aliphatic heterocycles. The summed E-state index contributed by atoms with van der Waals surface area (Å²) in [5.74, 6) is -1.53. The zero-order valence-corrected chi connectivity index (χ0v) is 12.0. The van der Waals surface area contributed by atoms with E-state index in [0.29, 0.717) is 6.54 Å². The fraction of sp³-hybridized carbons (Fsp3) is 0.214. The van der Waals surface area contributed by atoms with Crippen molar-refractivity contribution < 1.29 is 14.3 Å². The Balaban J connectivity index is 2.53. The van der Waals surface area contributed by atoms with Gasteiger partial charge in [0.1, 0.15) is 17.2 Å². The highest BCUT2D eigenvalue weighted by Crippen LogP contribution is 2.29. The second-order valence-electron chi connectivity index (χ2n) is 4.28. The highest BCUT2D eigenvalue weighted by atomic mass is 35.5. The van der Waals surface area contributed by atoms with E-state index in [0.717, 1.165) is 12.6 Å². The predicted octanol–water partition coefficient (Wildman–Crippen LogP) is 3.46. The lowest BCUT2D eigenvalue weighted by atomic mass is 10.2. The van der Waals surface area contributed by atoms with E-state index in [1.165, 1.54) is 18.2 Å². The minimum Gasteiger partial charge on any atom is -0.477 e. The first-order valence-corrected chi connectivity index (χ1v) is 6.71. The van der Waals surface area contributed by atoms with E-state index in [-0.39, 0.29) is 27.8 Å². The van der Waals surface area contributed by atoms with Gasteiger partial charge in [0.2, 0.25) is 0 Å². The van der Waals surface area contributed by atoms with Gasteiger partial charge in [-0.25, -0.2) is 19.2 Å². The van der Waals surface area contributed by atoms with Crippen LogP contribution in [-0.2, 0) is 0 Å². The average molecular weight is 310 g/mol. The molecule has 0 bridgehead atoms. The van der Waals surface area contributed by atoms with E-state index in [4.69, 9.17) is 16.7 Å². The van der Waals surface area contributed by atoms with Crippen molar-refractivity contribution in [3.8, 4) is 11.4 Å². The molecule has 7 heteroatoms. The molecular formula is C14H13ClFN3O2. The van der Waals surface area contributed by atoms with Crippen LogP contribution in [-0.4, -0.2) is 27.6 Å². The summed E-state index contributed by atoms with van der Waals surface area (Å²) in [5.41, 5.74) is -0.0182. The number of carbonyl (C=O) groups is 1. The van der Waals surface area contributed by atoms with Crippen LogP contribution in [0, 0.1) is 5.82 Å². The van der Waals surface area contributed by atoms with Crippen molar-refractivity contribution in [2.24, 2.45) is 0 Å². The van der Waals surface area contributed by atoms with Crippen LogP contribution in [0.5, 0.6) is 0 Å². The van der Waals surface area contributed by atoms with E-state index in [1.54, 1.807) is 0 Å². The summed E-state index contributed by atoms with van der Waals surface area (Å²) in [6.07, 6.45) is 1.93. The molecule has 0 aliphatic carbocycles. The van der Waals surface area contributed by atoms with E-state index in [1.807, 2.05) is 6.92 Å². The summed E-state index contributed by atoms with van der Waals surface area (Å²) < 4.78 is 13.9. The zero-order chi connectivity index (χ0) is 15.4. The summed E-state index contributed by atoms with van der Waals surface area (Å²) in [5, 5.41) is 12.2. The van der Waals surface area contributed by atoms with Crippen molar-refractivity contribution >= 4 is 23.4 Å². The van der Waals surface area contributed by atoms with Gasteiger partial charge >= 0.3 is 5.97 Å². The fourth-order valence-corrected chi connectivity index (χ4v) is 2.00. The molecule has 1 aromatic carbocycles. The Hall–Kier alpha value is -2.21. The van der Waals surface area contributed by atoms with E-state index in [9.17, 15) is 9.18 Å². The van der Waals surface area contributed by atoms with Gasteiger partial charge in [-0.05, 0) is 18.6 Å². The molecule has 1 aromatic heterocycles. The quantitative estimate of drug-likeness (QED) is 0.884. The van der Waals surface area contributed by atoms with Gasteiger partial charge in [0.15, 0.2) is 5.82 Å². The smallest absolute Gasteiger partial charge is 0.341 e. The molecule has 0 saturated heterocycles. The molecule has 21 heavy (non-hydrogen) atoms. The van der Waals surface area contributed by atoms with Crippen LogP contribution >= 0.6 is 11.6 Å². The van der Waals surface area contributed by atoms with Gasteiger partial charge in [-0.1, -0.05) is 24.6 Å². The third kappa shape index (κ3) is 3.28. The highest BCUT2D eigenvalue weighted by molar-refractivity contribution is 6.33. The third-order valence-corrected chi connectivity index (χ3v) is 3.06. The van der Waals surface area contributed by atoms with Gasteiger partial charge in [-0.3, -0.25) is 0 Å². The Morgan fingerprint density at radius 1 is 1.48 bits per heavy atom. The van der Waals surface area contributed by atoms with Crippen molar-refractivity contribution in [1.29, 1.82) is 0 Å². The van der Waals surface area contributed by atoms with Crippen molar-refractivity contribution in [2.45, 2.75) is 13.3 Å². The molecule has 0 radical (unpaired) electrons. The monoisotopic (exact) mass is 309 g/mol. The largest absolute Gasteiger partial charge is 0.477 e. The number of nitrogens with one attached hydrogen (secondary N) is 1. The van der Waals surface area contributed by atoms with Crippen molar-refractivity contribution in [3.63, 3.8) is 0 Å². The maximum atomic E-state index is 13.9. The van der Waals surface area contributed by atoms with Crippen molar-refractivity contribution in [3.05, 3.63) is 40.8 Å². The van der Waals surface area contributed by atoms with Crippen LogP contribution < -0.4 is 5.32 Å². The minimum atomic E-state index is -1.15.